The molecule has 0 aliphatic carbocycles. The standard InChI is InChI=1S/C12H10N2O/c1-9(15)11-6-12(8-14-7-11)10-2-4-13-5-3-10/h2-8H,1H3. The second-order valence-corrected chi connectivity index (χ2v) is 3.25. The number of aromatic nitrogens is 2. The molecule has 2 aromatic heterocycles. The topological polar surface area (TPSA) is 42.9 Å². The largest absolute Gasteiger partial charge is 0.294 e. The van der Waals surface area contributed by atoms with Gasteiger partial charge in [0.15, 0.2) is 5.78 Å². The van der Waals surface area contributed by atoms with Crippen molar-refractivity contribution >= 4 is 5.78 Å². The Morgan fingerprint density at radius 2 is 1.80 bits per heavy atom. The van der Waals surface area contributed by atoms with Crippen molar-refractivity contribution in [2.75, 3.05) is 0 Å². The minimum Gasteiger partial charge on any atom is -0.294 e. The van der Waals surface area contributed by atoms with E-state index in [0.717, 1.165) is 11.1 Å². The van der Waals surface area contributed by atoms with Crippen LogP contribution >= 0.6 is 0 Å². The summed E-state index contributed by atoms with van der Waals surface area (Å²) in [7, 11) is 0. The van der Waals surface area contributed by atoms with Gasteiger partial charge < -0.3 is 0 Å². The molecule has 0 atom stereocenters. The minimum atomic E-state index is 0.0263. The fourth-order valence-corrected chi connectivity index (χ4v) is 1.33. The number of rotatable bonds is 2. The summed E-state index contributed by atoms with van der Waals surface area (Å²) in [5.74, 6) is 0.0263. The van der Waals surface area contributed by atoms with E-state index in [4.69, 9.17) is 0 Å². The highest BCUT2D eigenvalue weighted by atomic mass is 16.1. The number of Topliss-reactive ketones (excluding diaryl/α,β-unsaturated/α-hetero) is 1. The normalized spacial score (nSPS) is 9.93. The van der Waals surface area contributed by atoms with Gasteiger partial charge in [0.2, 0.25) is 0 Å². The van der Waals surface area contributed by atoms with Gasteiger partial charge in [-0.25, -0.2) is 0 Å². The summed E-state index contributed by atoms with van der Waals surface area (Å²) in [6.45, 7) is 1.54. The van der Waals surface area contributed by atoms with Crippen LogP contribution < -0.4 is 0 Å². The van der Waals surface area contributed by atoms with Crippen LogP contribution in [0.1, 0.15) is 17.3 Å². The molecular formula is C12H10N2O. The molecule has 0 unspecified atom stereocenters. The summed E-state index contributed by atoms with van der Waals surface area (Å²) in [5.41, 5.74) is 2.58. The third-order valence-electron chi connectivity index (χ3n) is 2.16. The predicted octanol–water partition coefficient (Wildman–Crippen LogP) is 2.35. The molecular weight excluding hydrogens is 188 g/mol. The maximum atomic E-state index is 11.2. The van der Waals surface area contributed by atoms with Crippen LogP contribution in [-0.2, 0) is 0 Å². The molecule has 2 heterocycles. The fraction of sp³-hybridized carbons (Fsp3) is 0.0833. The SMILES string of the molecule is CC(=O)c1cncc(-c2ccncc2)c1. The van der Waals surface area contributed by atoms with Crippen molar-refractivity contribution < 1.29 is 4.79 Å². The first kappa shape index (κ1) is 9.52. The lowest BCUT2D eigenvalue weighted by atomic mass is 10.1. The number of nitrogens with zero attached hydrogens (tertiary/aromatic N) is 2. The molecule has 0 spiro atoms. The number of carbonyl (C=O) groups is 1. The zero-order valence-electron chi connectivity index (χ0n) is 8.34. The van der Waals surface area contributed by atoms with Gasteiger partial charge in [-0.3, -0.25) is 14.8 Å². The number of ketones is 1. The van der Waals surface area contributed by atoms with Crippen molar-refractivity contribution in [2.45, 2.75) is 6.92 Å². The zero-order chi connectivity index (χ0) is 10.7. The van der Waals surface area contributed by atoms with Crippen molar-refractivity contribution in [3.05, 3.63) is 48.5 Å². The molecule has 0 saturated carbocycles. The van der Waals surface area contributed by atoms with Crippen LogP contribution in [0.3, 0.4) is 0 Å². The monoisotopic (exact) mass is 198 g/mol. The van der Waals surface area contributed by atoms with Crippen LogP contribution in [0.2, 0.25) is 0 Å². The molecule has 3 heteroatoms. The Morgan fingerprint density at radius 3 is 2.47 bits per heavy atom. The first-order valence-corrected chi connectivity index (χ1v) is 4.64. The Kier molecular flexibility index (Phi) is 2.54. The highest BCUT2D eigenvalue weighted by Gasteiger charge is 2.02. The average Bonchev–Trinajstić information content (AvgIpc) is 2.30. The number of hydrogen-bond donors (Lipinski definition) is 0. The summed E-state index contributed by atoms with van der Waals surface area (Å²) in [4.78, 5) is 19.2. The van der Waals surface area contributed by atoms with Crippen LogP contribution in [-0.4, -0.2) is 15.8 Å². The fourth-order valence-electron chi connectivity index (χ4n) is 1.33. The van der Waals surface area contributed by atoms with Crippen molar-refractivity contribution in [3.8, 4) is 11.1 Å². The van der Waals surface area contributed by atoms with Gasteiger partial charge in [-0.15, -0.1) is 0 Å². The molecule has 0 bridgehead atoms. The molecule has 0 aliphatic heterocycles. The van der Waals surface area contributed by atoms with Gasteiger partial charge in [0, 0.05) is 35.9 Å². The van der Waals surface area contributed by atoms with Gasteiger partial charge in [0.1, 0.15) is 0 Å². The van der Waals surface area contributed by atoms with Crippen LogP contribution in [0, 0.1) is 0 Å². The van der Waals surface area contributed by atoms with Crippen LogP contribution in [0.15, 0.2) is 43.0 Å². The Bertz CT molecular complexity index is 480. The first-order chi connectivity index (χ1) is 7.27. The maximum absolute atomic E-state index is 11.2. The van der Waals surface area contributed by atoms with Crippen molar-refractivity contribution in [1.82, 2.24) is 9.97 Å². The maximum Gasteiger partial charge on any atom is 0.161 e. The molecule has 0 amide bonds. The summed E-state index contributed by atoms with van der Waals surface area (Å²) in [6, 6.07) is 5.62. The highest BCUT2D eigenvalue weighted by molar-refractivity contribution is 5.94. The quantitative estimate of drug-likeness (QED) is 0.695. The predicted molar refractivity (Wildman–Crippen MR) is 57.5 cm³/mol. The van der Waals surface area contributed by atoms with E-state index in [1.54, 1.807) is 24.8 Å². The molecule has 2 rings (SSSR count). The first-order valence-electron chi connectivity index (χ1n) is 4.64. The smallest absolute Gasteiger partial charge is 0.161 e. The Hall–Kier alpha value is -2.03. The molecule has 0 radical (unpaired) electrons. The van der Waals surface area contributed by atoms with Gasteiger partial charge in [0.25, 0.3) is 0 Å². The van der Waals surface area contributed by atoms with Crippen molar-refractivity contribution in [1.29, 1.82) is 0 Å². The second-order valence-electron chi connectivity index (χ2n) is 3.25. The number of carbonyl (C=O) groups excluding carboxylic acids is 1. The van der Waals surface area contributed by atoms with E-state index < -0.39 is 0 Å². The summed E-state index contributed by atoms with van der Waals surface area (Å²) < 4.78 is 0. The highest BCUT2D eigenvalue weighted by Crippen LogP contribution is 2.18. The van der Waals surface area contributed by atoms with E-state index in [0.29, 0.717) is 5.56 Å². The van der Waals surface area contributed by atoms with E-state index in [1.165, 1.54) is 6.92 Å². The minimum absolute atomic E-state index is 0.0263. The third-order valence-corrected chi connectivity index (χ3v) is 2.16. The van der Waals surface area contributed by atoms with E-state index in [9.17, 15) is 4.79 Å². The van der Waals surface area contributed by atoms with Crippen LogP contribution in [0.5, 0.6) is 0 Å². The molecule has 74 valence electrons. The Balaban J connectivity index is 2.46. The van der Waals surface area contributed by atoms with Gasteiger partial charge in [-0.2, -0.15) is 0 Å². The van der Waals surface area contributed by atoms with Gasteiger partial charge >= 0.3 is 0 Å². The molecule has 0 aliphatic rings. The van der Waals surface area contributed by atoms with Gasteiger partial charge in [-0.05, 0) is 30.7 Å². The summed E-state index contributed by atoms with van der Waals surface area (Å²) in [5, 5.41) is 0. The molecule has 0 N–H and O–H groups in total. The summed E-state index contributed by atoms with van der Waals surface area (Å²) in [6.07, 6.45) is 6.75. The molecule has 15 heavy (non-hydrogen) atoms. The van der Waals surface area contributed by atoms with E-state index >= 15 is 0 Å². The Labute approximate surface area is 87.8 Å². The van der Waals surface area contributed by atoms with E-state index in [-0.39, 0.29) is 5.78 Å². The molecule has 2 aromatic rings. The number of pyridine rings is 2. The summed E-state index contributed by atoms with van der Waals surface area (Å²) >= 11 is 0. The van der Waals surface area contributed by atoms with Gasteiger partial charge in [0.05, 0.1) is 0 Å². The van der Waals surface area contributed by atoms with Gasteiger partial charge in [-0.1, -0.05) is 0 Å². The second kappa shape index (κ2) is 4.00. The molecule has 0 aromatic carbocycles. The van der Waals surface area contributed by atoms with E-state index in [1.807, 2.05) is 18.2 Å². The van der Waals surface area contributed by atoms with Crippen molar-refractivity contribution in [3.63, 3.8) is 0 Å². The zero-order valence-corrected chi connectivity index (χ0v) is 8.34. The Morgan fingerprint density at radius 1 is 1.07 bits per heavy atom. The molecule has 0 fully saturated rings. The van der Waals surface area contributed by atoms with E-state index in [2.05, 4.69) is 9.97 Å². The lowest BCUT2D eigenvalue weighted by molar-refractivity contribution is 0.101. The van der Waals surface area contributed by atoms with Crippen LogP contribution in [0.25, 0.3) is 11.1 Å². The van der Waals surface area contributed by atoms with Crippen LogP contribution in [0.4, 0.5) is 0 Å². The number of hydrogen-bond acceptors (Lipinski definition) is 3. The average molecular weight is 198 g/mol. The lowest BCUT2D eigenvalue weighted by Crippen LogP contribution is -1.93. The van der Waals surface area contributed by atoms with Crippen molar-refractivity contribution in [2.24, 2.45) is 0 Å². The molecule has 3 nitrogen and oxygen atoms in total. The lowest BCUT2D eigenvalue weighted by Gasteiger charge is -2.01. The molecule has 0 saturated heterocycles. The third kappa shape index (κ3) is 2.07.